The lowest BCUT2D eigenvalue weighted by atomic mass is 9.96. The van der Waals surface area contributed by atoms with Crippen LogP contribution in [0.4, 0.5) is 5.82 Å². The monoisotopic (exact) mass is 400 g/mol. The van der Waals surface area contributed by atoms with E-state index in [0.29, 0.717) is 5.02 Å². The molecule has 5 nitrogen and oxygen atoms in total. The zero-order valence-corrected chi connectivity index (χ0v) is 17.1. The number of aliphatic hydroxyl groups is 1. The van der Waals surface area contributed by atoms with E-state index in [4.69, 9.17) is 21.6 Å². The number of anilines is 1. The van der Waals surface area contributed by atoms with E-state index in [0.717, 1.165) is 75.5 Å². The van der Waals surface area contributed by atoms with Crippen molar-refractivity contribution >= 4 is 17.4 Å². The Bertz CT molecular complexity index is 805. The number of aliphatic hydroxyl groups excluding tert-OH is 1. The predicted molar refractivity (Wildman–Crippen MR) is 114 cm³/mol. The summed E-state index contributed by atoms with van der Waals surface area (Å²) >= 11 is 6.17. The predicted octanol–water partition coefficient (Wildman–Crippen LogP) is 3.93. The molecule has 6 heteroatoms. The van der Waals surface area contributed by atoms with Gasteiger partial charge in [0.15, 0.2) is 5.82 Å². The Kier molecular flexibility index (Phi) is 6.45. The number of rotatable bonds is 6. The first-order chi connectivity index (χ1) is 13.7. The SMILES string of the molecule is OC1CCN(CCCNc2nc(-c3cccc(Cl)c3)nc3c2CCCC3)CC1. The first-order valence-corrected chi connectivity index (χ1v) is 10.9. The second-order valence-electron chi connectivity index (χ2n) is 7.89. The number of piperidine rings is 1. The number of nitrogens with one attached hydrogen (secondary N) is 1. The maximum atomic E-state index is 9.64. The van der Waals surface area contributed by atoms with Gasteiger partial charge in [0.2, 0.25) is 0 Å². The van der Waals surface area contributed by atoms with Crippen LogP contribution in [0.15, 0.2) is 24.3 Å². The Morgan fingerprint density at radius 1 is 1.14 bits per heavy atom. The third kappa shape index (κ3) is 4.83. The Morgan fingerprint density at radius 2 is 1.96 bits per heavy atom. The summed E-state index contributed by atoms with van der Waals surface area (Å²) in [6.07, 6.45) is 7.24. The van der Waals surface area contributed by atoms with E-state index in [1.54, 1.807) is 0 Å². The normalized spacial score (nSPS) is 18.1. The maximum Gasteiger partial charge on any atom is 0.161 e. The average molecular weight is 401 g/mol. The van der Waals surface area contributed by atoms with Gasteiger partial charge in [-0.2, -0.15) is 0 Å². The summed E-state index contributed by atoms with van der Waals surface area (Å²) in [6, 6.07) is 7.77. The maximum absolute atomic E-state index is 9.64. The molecule has 1 fully saturated rings. The van der Waals surface area contributed by atoms with Crippen LogP contribution < -0.4 is 5.32 Å². The smallest absolute Gasteiger partial charge is 0.161 e. The van der Waals surface area contributed by atoms with Crippen molar-refractivity contribution in [2.24, 2.45) is 0 Å². The van der Waals surface area contributed by atoms with E-state index in [-0.39, 0.29) is 6.10 Å². The van der Waals surface area contributed by atoms with E-state index in [9.17, 15) is 5.11 Å². The van der Waals surface area contributed by atoms with E-state index in [1.807, 2.05) is 24.3 Å². The van der Waals surface area contributed by atoms with E-state index in [2.05, 4.69) is 10.2 Å². The largest absolute Gasteiger partial charge is 0.393 e. The van der Waals surface area contributed by atoms with Gasteiger partial charge in [0, 0.05) is 41.5 Å². The third-order valence-electron chi connectivity index (χ3n) is 5.77. The van der Waals surface area contributed by atoms with Gasteiger partial charge in [-0.25, -0.2) is 9.97 Å². The van der Waals surface area contributed by atoms with E-state index >= 15 is 0 Å². The van der Waals surface area contributed by atoms with Gasteiger partial charge < -0.3 is 15.3 Å². The van der Waals surface area contributed by atoms with Crippen LogP contribution >= 0.6 is 11.6 Å². The summed E-state index contributed by atoms with van der Waals surface area (Å²) in [5.74, 6) is 1.75. The molecular formula is C22H29ClN4O. The fourth-order valence-corrected chi connectivity index (χ4v) is 4.34. The van der Waals surface area contributed by atoms with Crippen LogP contribution in [0, 0.1) is 0 Å². The molecule has 1 aromatic heterocycles. The van der Waals surface area contributed by atoms with Crippen LogP contribution in [0.5, 0.6) is 0 Å². The Labute approximate surface area is 172 Å². The van der Waals surface area contributed by atoms with Crippen molar-refractivity contribution in [3.8, 4) is 11.4 Å². The van der Waals surface area contributed by atoms with Gasteiger partial charge in [0.05, 0.1) is 6.10 Å². The van der Waals surface area contributed by atoms with Crippen molar-refractivity contribution in [2.45, 2.75) is 51.0 Å². The molecular weight excluding hydrogens is 372 g/mol. The first kappa shape index (κ1) is 19.6. The molecule has 2 aliphatic rings. The summed E-state index contributed by atoms with van der Waals surface area (Å²) in [6.45, 7) is 3.97. The fourth-order valence-electron chi connectivity index (χ4n) is 4.15. The zero-order valence-electron chi connectivity index (χ0n) is 16.3. The molecule has 1 aromatic carbocycles. The molecule has 1 aliphatic heterocycles. The summed E-state index contributed by atoms with van der Waals surface area (Å²) in [4.78, 5) is 12.2. The number of benzene rings is 1. The number of halogens is 1. The molecule has 0 unspecified atom stereocenters. The van der Waals surface area contributed by atoms with Crippen molar-refractivity contribution in [2.75, 3.05) is 31.5 Å². The summed E-state index contributed by atoms with van der Waals surface area (Å²) in [5.41, 5.74) is 3.44. The fraction of sp³-hybridized carbons (Fsp3) is 0.545. The van der Waals surface area contributed by atoms with Crippen LogP contribution in [0.3, 0.4) is 0 Å². The molecule has 4 rings (SSSR count). The van der Waals surface area contributed by atoms with Crippen LogP contribution in [0.1, 0.15) is 43.4 Å². The highest BCUT2D eigenvalue weighted by molar-refractivity contribution is 6.30. The van der Waals surface area contributed by atoms with Gasteiger partial charge in [-0.3, -0.25) is 0 Å². The number of likely N-dealkylation sites (tertiary alicyclic amines) is 1. The minimum atomic E-state index is -0.105. The van der Waals surface area contributed by atoms with Crippen LogP contribution in [0.25, 0.3) is 11.4 Å². The molecule has 28 heavy (non-hydrogen) atoms. The van der Waals surface area contributed by atoms with Crippen molar-refractivity contribution < 1.29 is 5.11 Å². The number of aromatic nitrogens is 2. The summed E-state index contributed by atoms with van der Waals surface area (Å²) < 4.78 is 0. The second-order valence-corrected chi connectivity index (χ2v) is 8.33. The second kappa shape index (κ2) is 9.21. The summed E-state index contributed by atoms with van der Waals surface area (Å²) in [7, 11) is 0. The standard InChI is InChI=1S/C22H29ClN4O/c23-17-6-3-5-16(15-17)21-25-20-8-2-1-7-19(20)22(26-21)24-11-4-12-27-13-9-18(28)10-14-27/h3,5-6,15,18,28H,1-2,4,7-14H2,(H,24,25,26). The minimum absolute atomic E-state index is 0.105. The van der Waals surface area contributed by atoms with E-state index < -0.39 is 0 Å². The minimum Gasteiger partial charge on any atom is -0.393 e. The third-order valence-corrected chi connectivity index (χ3v) is 6.00. The first-order valence-electron chi connectivity index (χ1n) is 10.5. The lowest BCUT2D eigenvalue weighted by molar-refractivity contribution is 0.0825. The molecule has 0 atom stereocenters. The van der Waals surface area contributed by atoms with Gasteiger partial charge in [0.1, 0.15) is 5.82 Å². The molecule has 2 N–H and O–H groups in total. The highest BCUT2D eigenvalue weighted by Crippen LogP contribution is 2.29. The molecule has 1 aliphatic carbocycles. The highest BCUT2D eigenvalue weighted by atomic mass is 35.5. The quantitative estimate of drug-likeness (QED) is 0.719. The Morgan fingerprint density at radius 3 is 2.79 bits per heavy atom. The number of aryl methyl sites for hydroxylation is 1. The van der Waals surface area contributed by atoms with Crippen LogP contribution in [-0.2, 0) is 12.8 Å². The Balaban J connectivity index is 1.44. The number of fused-ring (bicyclic) bond motifs is 1. The topological polar surface area (TPSA) is 61.3 Å². The zero-order chi connectivity index (χ0) is 19.3. The lowest BCUT2D eigenvalue weighted by Crippen LogP contribution is -2.36. The Hall–Kier alpha value is -1.69. The number of hydrogen-bond donors (Lipinski definition) is 2. The van der Waals surface area contributed by atoms with Gasteiger partial charge in [0.25, 0.3) is 0 Å². The van der Waals surface area contributed by atoms with Gasteiger partial charge in [-0.05, 0) is 63.6 Å². The molecule has 0 bridgehead atoms. The van der Waals surface area contributed by atoms with Crippen molar-refractivity contribution in [3.63, 3.8) is 0 Å². The molecule has 2 heterocycles. The van der Waals surface area contributed by atoms with Gasteiger partial charge in [-0.1, -0.05) is 23.7 Å². The van der Waals surface area contributed by atoms with Crippen molar-refractivity contribution in [1.82, 2.24) is 14.9 Å². The summed E-state index contributed by atoms with van der Waals surface area (Å²) in [5, 5.41) is 13.9. The highest BCUT2D eigenvalue weighted by Gasteiger charge is 2.19. The molecule has 150 valence electrons. The van der Waals surface area contributed by atoms with E-state index in [1.165, 1.54) is 24.1 Å². The average Bonchev–Trinajstić information content (AvgIpc) is 2.72. The number of nitrogens with zero attached hydrogens (tertiary/aromatic N) is 3. The van der Waals surface area contributed by atoms with Gasteiger partial charge in [-0.15, -0.1) is 0 Å². The number of hydrogen-bond acceptors (Lipinski definition) is 5. The van der Waals surface area contributed by atoms with Crippen molar-refractivity contribution in [1.29, 1.82) is 0 Å². The molecule has 0 radical (unpaired) electrons. The molecule has 2 aromatic rings. The molecule has 1 saturated heterocycles. The van der Waals surface area contributed by atoms with Crippen LogP contribution in [0.2, 0.25) is 5.02 Å². The van der Waals surface area contributed by atoms with Crippen molar-refractivity contribution in [3.05, 3.63) is 40.5 Å². The van der Waals surface area contributed by atoms with Crippen LogP contribution in [-0.4, -0.2) is 52.3 Å². The molecule has 0 saturated carbocycles. The molecule has 0 amide bonds. The van der Waals surface area contributed by atoms with Gasteiger partial charge >= 0.3 is 0 Å². The lowest BCUT2D eigenvalue weighted by Gasteiger charge is -2.29. The molecule has 0 spiro atoms.